The van der Waals surface area contributed by atoms with Gasteiger partial charge in [0.2, 0.25) is 0 Å². The number of halogens is 1. The first-order chi connectivity index (χ1) is 8.29. The summed E-state index contributed by atoms with van der Waals surface area (Å²) in [5.74, 6) is 0.776. The van der Waals surface area contributed by atoms with Crippen molar-refractivity contribution in [2.24, 2.45) is 0 Å². The molecule has 17 heavy (non-hydrogen) atoms. The molecule has 1 N–H and O–H groups in total. The van der Waals surface area contributed by atoms with E-state index in [1.807, 2.05) is 25.2 Å². The van der Waals surface area contributed by atoms with Gasteiger partial charge in [-0.25, -0.2) is 0 Å². The lowest BCUT2D eigenvalue weighted by atomic mass is 10.1. The van der Waals surface area contributed by atoms with Crippen molar-refractivity contribution in [1.82, 2.24) is 5.32 Å². The van der Waals surface area contributed by atoms with Crippen LogP contribution < -0.4 is 10.1 Å². The summed E-state index contributed by atoms with van der Waals surface area (Å²) in [6.07, 6.45) is 2.11. The second kappa shape index (κ2) is 6.24. The number of hydrogen-bond donors (Lipinski definition) is 1. The highest BCUT2D eigenvalue weighted by molar-refractivity contribution is 6.32. The van der Waals surface area contributed by atoms with E-state index in [2.05, 4.69) is 5.32 Å². The zero-order valence-electron chi connectivity index (χ0n) is 10.0. The monoisotopic (exact) mass is 255 g/mol. The van der Waals surface area contributed by atoms with E-state index < -0.39 is 0 Å². The van der Waals surface area contributed by atoms with Crippen LogP contribution >= 0.6 is 11.6 Å². The van der Waals surface area contributed by atoms with Gasteiger partial charge in [-0.15, -0.1) is 0 Å². The fourth-order valence-corrected chi connectivity index (χ4v) is 2.18. The van der Waals surface area contributed by atoms with Gasteiger partial charge < -0.3 is 14.8 Å². The van der Waals surface area contributed by atoms with Crippen LogP contribution in [0.5, 0.6) is 5.75 Å². The highest BCUT2D eigenvalue weighted by atomic mass is 35.5. The Kier molecular flexibility index (Phi) is 4.66. The highest BCUT2D eigenvalue weighted by Crippen LogP contribution is 2.28. The molecule has 4 heteroatoms. The van der Waals surface area contributed by atoms with Gasteiger partial charge in [-0.1, -0.05) is 17.7 Å². The van der Waals surface area contributed by atoms with Gasteiger partial charge >= 0.3 is 0 Å². The van der Waals surface area contributed by atoms with E-state index in [1.54, 1.807) is 0 Å². The molecule has 1 aliphatic rings. The maximum atomic E-state index is 6.20. The van der Waals surface area contributed by atoms with Crippen molar-refractivity contribution in [2.75, 3.05) is 20.3 Å². The molecule has 94 valence electrons. The minimum atomic E-state index is 0.233. The van der Waals surface area contributed by atoms with E-state index in [0.29, 0.717) is 5.02 Å². The maximum absolute atomic E-state index is 6.20. The lowest BCUT2D eigenvalue weighted by molar-refractivity contribution is 0.0256. The van der Waals surface area contributed by atoms with Crippen LogP contribution in [0.4, 0.5) is 0 Å². The van der Waals surface area contributed by atoms with E-state index in [9.17, 15) is 0 Å². The maximum Gasteiger partial charge on any atom is 0.138 e. The summed E-state index contributed by atoms with van der Waals surface area (Å²) >= 11 is 6.20. The minimum absolute atomic E-state index is 0.233. The topological polar surface area (TPSA) is 30.5 Å². The van der Waals surface area contributed by atoms with Gasteiger partial charge in [0.05, 0.1) is 18.2 Å². The molecule has 0 aromatic heterocycles. The fraction of sp³-hybridized carbons (Fsp3) is 0.538. The first kappa shape index (κ1) is 12.7. The SMILES string of the molecule is CNCc1ccc(OC2CCOCC2)c(Cl)c1. The molecular weight excluding hydrogens is 238 g/mol. The Labute approximate surface area is 107 Å². The third kappa shape index (κ3) is 3.60. The van der Waals surface area contributed by atoms with E-state index in [1.165, 1.54) is 0 Å². The predicted molar refractivity (Wildman–Crippen MR) is 68.7 cm³/mol. The molecule has 0 amide bonds. The average molecular weight is 256 g/mol. The number of rotatable bonds is 4. The molecule has 1 aromatic rings. The summed E-state index contributed by atoms with van der Waals surface area (Å²) < 4.78 is 11.2. The molecule has 2 rings (SSSR count). The van der Waals surface area contributed by atoms with Gasteiger partial charge in [-0.05, 0) is 24.7 Å². The van der Waals surface area contributed by atoms with Crippen LogP contribution in [0.2, 0.25) is 5.02 Å². The standard InChI is InChI=1S/C13H18ClNO2/c1-15-9-10-2-3-13(12(14)8-10)17-11-4-6-16-7-5-11/h2-3,8,11,15H,4-7,9H2,1H3. The van der Waals surface area contributed by atoms with E-state index in [-0.39, 0.29) is 6.10 Å². The zero-order chi connectivity index (χ0) is 12.1. The van der Waals surface area contributed by atoms with Gasteiger partial charge in [-0.3, -0.25) is 0 Å². The first-order valence-corrected chi connectivity index (χ1v) is 6.35. The van der Waals surface area contributed by atoms with Gasteiger partial charge in [-0.2, -0.15) is 0 Å². The summed E-state index contributed by atoms with van der Waals surface area (Å²) in [7, 11) is 1.92. The molecule has 3 nitrogen and oxygen atoms in total. The molecule has 1 heterocycles. The second-order valence-electron chi connectivity index (χ2n) is 4.22. The second-order valence-corrected chi connectivity index (χ2v) is 4.63. The van der Waals surface area contributed by atoms with Crippen LogP contribution in [0, 0.1) is 0 Å². The smallest absolute Gasteiger partial charge is 0.138 e. The average Bonchev–Trinajstić information content (AvgIpc) is 2.34. The number of hydrogen-bond acceptors (Lipinski definition) is 3. The number of ether oxygens (including phenoxy) is 2. The Morgan fingerprint density at radius 1 is 1.41 bits per heavy atom. The Bertz CT molecular complexity index is 364. The third-order valence-corrected chi connectivity index (χ3v) is 3.13. The van der Waals surface area contributed by atoms with Gasteiger partial charge in [0, 0.05) is 19.4 Å². The largest absolute Gasteiger partial charge is 0.489 e. The molecule has 0 atom stereocenters. The molecule has 0 aliphatic carbocycles. The van der Waals surface area contributed by atoms with Crippen LogP contribution in [-0.4, -0.2) is 26.4 Å². The molecule has 0 spiro atoms. The zero-order valence-corrected chi connectivity index (χ0v) is 10.8. The molecule has 0 unspecified atom stereocenters. The Morgan fingerprint density at radius 2 is 2.18 bits per heavy atom. The number of nitrogens with one attached hydrogen (secondary N) is 1. The van der Waals surface area contributed by atoms with E-state index in [0.717, 1.165) is 43.9 Å². The van der Waals surface area contributed by atoms with Gasteiger partial charge in [0.25, 0.3) is 0 Å². The number of benzene rings is 1. The highest BCUT2D eigenvalue weighted by Gasteiger charge is 2.16. The lowest BCUT2D eigenvalue weighted by Crippen LogP contribution is -2.26. The molecule has 1 saturated heterocycles. The Morgan fingerprint density at radius 3 is 2.82 bits per heavy atom. The Balaban J connectivity index is 2.00. The molecule has 0 radical (unpaired) electrons. The normalized spacial score (nSPS) is 17.1. The van der Waals surface area contributed by atoms with Crippen molar-refractivity contribution in [3.05, 3.63) is 28.8 Å². The van der Waals surface area contributed by atoms with Crippen LogP contribution in [0.1, 0.15) is 18.4 Å². The van der Waals surface area contributed by atoms with Crippen LogP contribution in [-0.2, 0) is 11.3 Å². The van der Waals surface area contributed by atoms with Gasteiger partial charge in [0.15, 0.2) is 0 Å². The van der Waals surface area contributed by atoms with Crippen LogP contribution in [0.3, 0.4) is 0 Å². The Hall–Kier alpha value is -0.770. The fourth-order valence-electron chi connectivity index (χ4n) is 1.93. The molecule has 1 aliphatic heterocycles. The lowest BCUT2D eigenvalue weighted by Gasteiger charge is -2.23. The minimum Gasteiger partial charge on any atom is -0.489 e. The van der Waals surface area contributed by atoms with Crippen molar-refractivity contribution in [1.29, 1.82) is 0 Å². The third-order valence-electron chi connectivity index (χ3n) is 2.84. The molecule has 0 saturated carbocycles. The van der Waals surface area contributed by atoms with Crippen molar-refractivity contribution in [3.8, 4) is 5.75 Å². The van der Waals surface area contributed by atoms with Crippen molar-refractivity contribution >= 4 is 11.6 Å². The van der Waals surface area contributed by atoms with Gasteiger partial charge in [0.1, 0.15) is 11.9 Å². The van der Waals surface area contributed by atoms with Crippen LogP contribution in [0.15, 0.2) is 18.2 Å². The van der Waals surface area contributed by atoms with Crippen molar-refractivity contribution < 1.29 is 9.47 Å². The predicted octanol–water partition coefficient (Wildman–Crippen LogP) is 2.62. The first-order valence-electron chi connectivity index (χ1n) is 5.97. The van der Waals surface area contributed by atoms with Crippen molar-refractivity contribution in [3.63, 3.8) is 0 Å². The summed E-state index contributed by atoms with van der Waals surface area (Å²) in [5.41, 5.74) is 1.16. The molecular formula is C13H18ClNO2. The van der Waals surface area contributed by atoms with E-state index >= 15 is 0 Å². The summed E-state index contributed by atoms with van der Waals surface area (Å²) in [6.45, 7) is 2.37. The quantitative estimate of drug-likeness (QED) is 0.897. The molecule has 1 aromatic carbocycles. The van der Waals surface area contributed by atoms with Crippen LogP contribution in [0.25, 0.3) is 0 Å². The summed E-state index contributed by atoms with van der Waals surface area (Å²) in [6, 6.07) is 5.94. The van der Waals surface area contributed by atoms with E-state index in [4.69, 9.17) is 21.1 Å². The molecule has 1 fully saturated rings. The molecule has 0 bridgehead atoms. The summed E-state index contributed by atoms with van der Waals surface area (Å²) in [4.78, 5) is 0. The van der Waals surface area contributed by atoms with Crippen molar-refractivity contribution in [2.45, 2.75) is 25.5 Å². The summed E-state index contributed by atoms with van der Waals surface area (Å²) in [5, 5.41) is 3.78.